The molecule has 3 nitrogen and oxygen atoms in total. The Kier molecular flexibility index (Phi) is 3.12. The topological polar surface area (TPSA) is 42.0 Å². The van der Waals surface area contributed by atoms with Gasteiger partial charge in [-0.1, -0.05) is 12.8 Å². The van der Waals surface area contributed by atoms with Gasteiger partial charge in [0.05, 0.1) is 5.56 Å². The van der Waals surface area contributed by atoms with Crippen LogP contribution >= 0.6 is 0 Å². The van der Waals surface area contributed by atoms with Gasteiger partial charge >= 0.3 is 0 Å². The Morgan fingerprint density at radius 3 is 2.75 bits per heavy atom. The van der Waals surface area contributed by atoms with Gasteiger partial charge in [0, 0.05) is 12.2 Å². The van der Waals surface area contributed by atoms with Crippen molar-refractivity contribution in [1.82, 2.24) is 10.3 Å². The van der Waals surface area contributed by atoms with Crippen molar-refractivity contribution in [3.05, 3.63) is 29.6 Å². The zero-order chi connectivity index (χ0) is 11.5. The molecule has 0 unspecified atom stereocenters. The molecule has 16 heavy (non-hydrogen) atoms. The third-order valence-electron chi connectivity index (χ3n) is 2.78. The van der Waals surface area contributed by atoms with Crippen molar-refractivity contribution >= 4 is 5.91 Å². The van der Waals surface area contributed by atoms with Crippen molar-refractivity contribution in [2.45, 2.75) is 31.7 Å². The van der Waals surface area contributed by atoms with Crippen LogP contribution in [0.15, 0.2) is 12.3 Å². The van der Waals surface area contributed by atoms with Crippen molar-refractivity contribution in [3.8, 4) is 0 Å². The highest BCUT2D eigenvalue weighted by molar-refractivity contribution is 5.94. The fraction of sp³-hybridized carbons (Fsp3) is 0.455. The maximum atomic E-state index is 13.2. The summed E-state index contributed by atoms with van der Waals surface area (Å²) in [7, 11) is 0. The van der Waals surface area contributed by atoms with Crippen LogP contribution in [-0.4, -0.2) is 16.9 Å². The number of carbonyl (C=O) groups is 1. The molecule has 1 aromatic rings. The van der Waals surface area contributed by atoms with Crippen molar-refractivity contribution in [2.24, 2.45) is 0 Å². The Balaban J connectivity index is 2.11. The predicted octanol–water partition coefficient (Wildman–Crippen LogP) is 2.03. The zero-order valence-electron chi connectivity index (χ0n) is 8.67. The second kappa shape index (κ2) is 4.55. The minimum absolute atomic E-state index is 0.0862. The Morgan fingerprint density at radius 2 is 2.06 bits per heavy atom. The normalized spacial score (nSPS) is 16.4. The quantitative estimate of drug-likeness (QED) is 0.784. The summed E-state index contributed by atoms with van der Waals surface area (Å²) in [6, 6.07) is 1.27. The number of pyridine rings is 1. The number of carbonyl (C=O) groups excluding carboxylic acids is 1. The van der Waals surface area contributed by atoms with E-state index in [1.807, 2.05) is 0 Å². The molecule has 0 saturated heterocycles. The average molecular weight is 226 g/mol. The fourth-order valence-corrected chi connectivity index (χ4v) is 1.93. The fourth-order valence-electron chi connectivity index (χ4n) is 1.93. The highest BCUT2D eigenvalue weighted by atomic mass is 19.2. The van der Waals surface area contributed by atoms with Crippen LogP contribution in [0.25, 0.3) is 0 Å². The molecule has 0 atom stereocenters. The molecule has 1 saturated carbocycles. The van der Waals surface area contributed by atoms with E-state index in [2.05, 4.69) is 10.3 Å². The first-order valence-corrected chi connectivity index (χ1v) is 5.29. The van der Waals surface area contributed by atoms with Crippen LogP contribution in [-0.2, 0) is 0 Å². The van der Waals surface area contributed by atoms with Crippen LogP contribution in [0.1, 0.15) is 36.0 Å². The molecule has 1 aliphatic carbocycles. The number of halogens is 2. The smallest absolute Gasteiger partial charge is 0.254 e. The zero-order valence-corrected chi connectivity index (χ0v) is 8.67. The average Bonchev–Trinajstić information content (AvgIpc) is 2.74. The van der Waals surface area contributed by atoms with E-state index >= 15 is 0 Å². The number of amides is 1. The molecule has 0 radical (unpaired) electrons. The molecule has 1 aliphatic rings. The van der Waals surface area contributed by atoms with Gasteiger partial charge in [0.2, 0.25) is 5.95 Å². The highest BCUT2D eigenvalue weighted by Crippen LogP contribution is 2.18. The van der Waals surface area contributed by atoms with Gasteiger partial charge in [0.1, 0.15) is 0 Å². The van der Waals surface area contributed by atoms with Gasteiger partial charge in [0.25, 0.3) is 5.91 Å². The van der Waals surface area contributed by atoms with Crippen molar-refractivity contribution in [3.63, 3.8) is 0 Å². The van der Waals surface area contributed by atoms with E-state index in [1.54, 1.807) is 0 Å². The summed E-state index contributed by atoms with van der Waals surface area (Å²) in [6.07, 6.45) is 5.03. The second-order valence-corrected chi connectivity index (χ2v) is 3.92. The van der Waals surface area contributed by atoms with Crippen LogP contribution < -0.4 is 5.32 Å². The Bertz CT molecular complexity index is 403. The van der Waals surface area contributed by atoms with E-state index < -0.39 is 17.7 Å². The lowest BCUT2D eigenvalue weighted by Crippen LogP contribution is -2.33. The highest BCUT2D eigenvalue weighted by Gasteiger charge is 2.21. The number of aromatic nitrogens is 1. The van der Waals surface area contributed by atoms with Crippen molar-refractivity contribution < 1.29 is 13.6 Å². The largest absolute Gasteiger partial charge is 0.349 e. The standard InChI is InChI=1S/C11H12F2N2O/c12-9-8(5-6-14-10(9)13)11(16)15-7-3-1-2-4-7/h5-7H,1-4H2,(H,15,16). The summed E-state index contributed by atoms with van der Waals surface area (Å²) in [5.41, 5.74) is -0.278. The molecule has 0 bridgehead atoms. The van der Waals surface area contributed by atoms with Crippen LogP contribution in [0.4, 0.5) is 8.78 Å². The molecule has 1 fully saturated rings. The molecule has 2 rings (SSSR count). The van der Waals surface area contributed by atoms with E-state index in [9.17, 15) is 13.6 Å². The molecule has 1 heterocycles. The Morgan fingerprint density at radius 1 is 1.38 bits per heavy atom. The van der Waals surface area contributed by atoms with Gasteiger partial charge in [-0.05, 0) is 18.9 Å². The molecule has 0 spiro atoms. The first-order valence-electron chi connectivity index (χ1n) is 5.29. The first-order chi connectivity index (χ1) is 7.68. The number of nitrogens with one attached hydrogen (secondary N) is 1. The summed E-state index contributed by atoms with van der Waals surface area (Å²) in [6.45, 7) is 0. The van der Waals surface area contributed by atoms with Crippen molar-refractivity contribution in [1.29, 1.82) is 0 Å². The number of nitrogens with zero attached hydrogens (tertiary/aromatic N) is 1. The Labute approximate surface area is 91.9 Å². The summed E-state index contributed by atoms with van der Waals surface area (Å²) in [5, 5.41) is 2.69. The monoisotopic (exact) mass is 226 g/mol. The van der Waals surface area contributed by atoms with E-state index in [4.69, 9.17) is 0 Å². The molecule has 86 valence electrons. The predicted molar refractivity (Wildman–Crippen MR) is 53.9 cm³/mol. The maximum absolute atomic E-state index is 13.2. The van der Waals surface area contributed by atoms with Crippen LogP contribution in [0, 0.1) is 11.8 Å². The third-order valence-corrected chi connectivity index (χ3v) is 2.78. The van der Waals surface area contributed by atoms with Gasteiger partial charge in [-0.2, -0.15) is 4.39 Å². The lowest BCUT2D eigenvalue weighted by Gasteiger charge is -2.11. The summed E-state index contributed by atoms with van der Waals surface area (Å²) in [4.78, 5) is 14.8. The summed E-state index contributed by atoms with van der Waals surface area (Å²) < 4.78 is 26.0. The molecule has 1 N–H and O–H groups in total. The van der Waals surface area contributed by atoms with Crippen molar-refractivity contribution in [2.75, 3.05) is 0 Å². The van der Waals surface area contributed by atoms with E-state index in [0.717, 1.165) is 31.9 Å². The van der Waals surface area contributed by atoms with Gasteiger partial charge < -0.3 is 5.32 Å². The van der Waals surface area contributed by atoms with Gasteiger partial charge in [-0.25, -0.2) is 9.37 Å². The van der Waals surface area contributed by atoms with Crippen LogP contribution in [0.2, 0.25) is 0 Å². The van der Waals surface area contributed by atoms with E-state index in [1.165, 1.54) is 6.07 Å². The molecular weight excluding hydrogens is 214 g/mol. The number of hydrogen-bond acceptors (Lipinski definition) is 2. The molecule has 0 aromatic carbocycles. The third kappa shape index (κ3) is 2.18. The number of rotatable bonds is 2. The summed E-state index contributed by atoms with van der Waals surface area (Å²) >= 11 is 0. The van der Waals surface area contributed by atoms with Crippen LogP contribution in [0.3, 0.4) is 0 Å². The maximum Gasteiger partial charge on any atom is 0.254 e. The minimum atomic E-state index is -1.24. The SMILES string of the molecule is O=C(NC1CCCC1)c1ccnc(F)c1F. The molecule has 0 aliphatic heterocycles. The van der Waals surface area contributed by atoms with Crippen LogP contribution in [0.5, 0.6) is 0 Å². The summed E-state index contributed by atoms with van der Waals surface area (Å²) in [5.74, 6) is -2.98. The molecular formula is C11H12F2N2O. The minimum Gasteiger partial charge on any atom is -0.349 e. The molecule has 1 aromatic heterocycles. The Hall–Kier alpha value is -1.52. The second-order valence-electron chi connectivity index (χ2n) is 3.92. The lowest BCUT2D eigenvalue weighted by molar-refractivity contribution is 0.0932. The molecule has 5 heteroatoms. The first kappa shape index (κ1) is 11.0. The van der Waals surface area contributed by atoms with Gasteiger partial charge in [-0.15, -0.1) is 0 Å². The van der Waals surface area contributed by atoms with Gasteiger partial charge in [-0.3, -0.25) is 4.79 Å². The number of hydrogen-bond donors (Lipinski definition) is 1. The van der Waals surface area contributed by atoms with E-state index in [0.29, 0.717) is 0 Å². The van der Waals surface area contributed by atoms with E-state index in [-0.39, 0.29) is 11.6 Å². The van der Waals surface area contributed by atoms with Gasteiger partial charge in [0.15, 0.2) is 5.82 Å². The lowest BCUT2D eigenvalue weighted by atomic mass is 10.2. The molecule has 1 amide bonds.